The van der Waals surface area contributed by atoms with E-state index in [0.717, 1.165) is 0 Å². The first kappa shape index (κ1) is 15.6. The molecule has 0 heterocycles. The molecule has 1 aromatic rings. The average molecular weight is 297 g/mol. The molecule has 3 N–H and O–H groups in total. The number of phenols is 1. The standard InChI is InChI=1S/C8H6Cl2F3NO.ClH/c9-5-1-4(8(11,12)13)7(15)3(2-14)6(5)10;/h1,15H,2,14H2;1H. The van der Waals surface area contributed by atoms with E-state index in [1.165, 1.54) is 0 Å². The summed E-state index contributed by atoms with van der Waals surface area (Å²) in [5.74, 6) is -0.973. The van der Waals surface area contributed by atoms with E-state index in [4.69, 9.17) is 28.9 Å². The van der Waals surface area contributed by atoms with Crippen molar-refractivity contribution < 1.29 is 18.3 Å². The summed E-state index contributed by atoms with van der Waals surface area (Å²) in [6.07, 6.45) is -4.69. The van der Waals surface area contributed by atoms with Gasteiger partial charge in [-0.2, -0.15) is 13.2 Å². The number of hydrogen-bond acceptors (Lipinski definition) is 2. The van der Waals surface area contributed by atoms with Crippen molar-refractivity contribution >= 4 is 35.6 Å². The van der Waals surface area contributed by atoms with Crippen molar-refractivity contribution in [1.82, 2.24) is 0 Å². The van der Waals surface area contributed by atoms with Gasteiger partial charge in [-0.1, -0.05) is 23.2 Å². The fraction of sp³-hybridized carbons (Fsp3) is 0.250. The second-order valence-corrected chi connectivity index (χ2v) is 3.53. The molecular weight excluding hydrogens is 289 g/mol. The summed E-state index contributed by atoms with van der Waals surface area (Å²) in [7, 11) is 0. The number of nitrogens with two attached hydrogens (primary N) is 1. The highest BCUT2D eigenvalue weighted by Crippen LogP contribution is 2.43. The highest BCUT2D eigenvalue weighted by Gasteiger charge is 2.36. The smallest absolute Gasteiger partial charge is 0.420 e. The number of benzene rings is 1. The Morgan fingerprint density at radius 2 is 1.81 bits per heavy atom. The first-order valence-corrected chi connectivity index (χ1v) is 4.51. The van der Waals surface area contributed by atoms with Gasteiger partial charge in [-0.3, -0.25) is 0 Å². The van der Waals surface area contributed by atoms with Crippen LogP contribution in [0.25, 0.3) is 0 Å². The van der Waals surface area contributed by atoms with Gasteiger partial charge in [0.05, 0.1) is 15.6 Å². The Kier molecular flexibility index (Phi) is 5.19. The van der Waals surface area contributed by atoms with Gasteiger partial charge in [0.25, 0.3) is 0 Å². The molecule has 0 radical (unpaired) electrons. The monoisotopic (exact) mass is 295 g/mol. The molecular formula is C8H7Cl3F3NO. The van der Waals surface area contributed by atoms with Crippen molar-refractivity contribution in [3.05, 3.63) is 27.2 Å². The van der Waals surface area contributed by atoms with Crippen molar-refractivity contribution in [2.24, 2.45) is 5.73 Å². The molecule has 1 rings (SSSR count). The van der Waals surface area contributed by atoms with E-state index in [1.807, 2.05) is 0 Å². The van der Waals surface area contributed by atoms with Gasteiger partial charge in [0.1, 0.15) is 5.75 Å². The molecule has 0 fully saturated rings. The minimum absolute atomic E-state index is 0. The molecule has 92 valence electrons. The first-order chi connectivity index (χ1) is 6.79. The number of alkyl halides is 3. The maximum atomic E-state index is 12.4. The van der Waals surface area contributed by atoms with Crippen LogP contribution in [0.3, 0.4) is 0 Å². The summed E-state index contributed by atoms with van der Waals surface area (Å²) in [5.41, 5.74) is 3.71. The number of phenolic OH excluding ortho intramolecular Hbond substituents is 1. The molecule has 0 unspecified atom stereocenters. The zero-order chi connectivity index (χ0) is 11.8. The summed E-state index contributed by atoms with van der Waals surface area (Å²) >= 11 is 11.1. The van der Waals surface area contributed by atoms with Gasteiger partial charge < -0.3 is 10.8 Å². The predicted octanol–water partition coefficient (Wildman–Crippen LogP) is 3.60. The fourth-order valence-corrected chi connectivity index (χ4v) is 1.52. The summed E-state index contributed by atoms with van der Waals surface area (Å²) in [5, 5.41) is 8.83. The van der Waals surface area contributed by atoms with E-state index in [2.05, 4.69) is 0 Å². The topological polar surface area (TPSA) is 46.2 Å². The molecule has 8 heteroatoms. The number of halogens is 6. The fourth-order valence-electron chi connectivity index (χ4n) is 1.07. The van der Waals surface area contributed by atoms with Crippen LogP contribution in [0.15, 0.2) is 6.07 Å². The lowest BCUT2D eigenvalue weighted by Crippen LogP contribution is -2.09. The molecule has 0 spiro atoms. The molecule has 16 heavy (non-hydrogen) atoms. The molecule has 0 aliphatic carbocycles. The summed E-state index contributed by atoms with van der Waals surface area (Å²) < 4.78 is 37.1. The van der Waals surface area contributed by atoms with Crippen LogP contribution < -0.4 is 5.73 Å². The molecule has 0 saturated heterocycles. The third-order valence-corrected chi connectivity index (χ3v) is 2.62. The summed E-state index contributed by atoms with van der Waals surface area (Å²) in [4.78, 5) is 0. The van der Waals surface area contributed by atoms with Crippen LogP contribution in [-0.4, -0.2) is 5.11 Å². The molecule has 1 aromatic carbocycles. The Morgan fingerprint density at radius 1 is 1.31 bits per heavy atom. The lowest BCUT2D eigenvalue weighted by Gasteiger charge is -2.14. The van der Waals surface area contributed by atoms with Crippen LogP contribution >= 0.6 is 35.6 Å². The minimum Gasteiger partial charge on any atom is -0.507 e. The molecule has 0 atom stereocenters. The van der Waals surface area contributed by atoms with Crippen LogP contribution in [-0.2, 0) is 12.7 Å². The molecule has 0 aliphatic rings. The third-order valence-electron chi connectivity index (χ3n) is 1.80. The van der Waals surface area contributed by atoms with Gasteiger partial charge in [0, 0.05) is 12.1 Å². The summed E-state index contributed by atoms with van der Waals surface area (Å²) in [6.45, 7) is -0.325. The normalized spacial score (nSPS) is 11.1. The van der Waals surface area contributed by atoms with E-state index in [1.54, 1.807) is 0 Å². The van der Waals surface area contributed by atoms with Crippen LogP contribution in [0.5, 0.6) is 5.75 Å². The Bertz CT molecular complexity index is 395. The van der Waals surface area contributed by atoms with E-state index < -0.39 is 17.5 Å². The van der Waals surface area contributed by atoms with Gasteiger partial charge in [-0.05, 0) is 6.07 Å². The van der Waals surface area contributed by atoms with Crippen LogP contribution in [0.1, 0.15) is 11.1 Å². The SMILES string of the molecule is Cl.NCc1c(O)c(C(F)(F)F)cc(Cl)c1Cl. The maximum Gasteiger partial charge on any atom is 0.420 e. The lowest BCUT2D eigenvalue weighted by molar-refractivity contribution is -0.138. The second-order valence-electron chi connectivity index (χ2n) is 2.75. The number of rotatable bonds is 1. The third kappa shape index (κ3) is 2.85. The highest BCUT2D eigenvalue weighted by atomic mass is 35.5. The van der Waals surface area contributed by atoms with E-state index >= 15 is 0 Å². The maximum absolute atomic E-state index is 12.4. The first-order valence-electron chi connectivity index (χ1n) is 3.76. The molecule has 0 aromatic heterocycles. The van der Waals surface area contributed by atoms with E-state index in [0.29, 0.717) is 6.07 Å². The van der Waals surface area contributed by atoms with Crippen molar-refractivity contribution in [2.45, 2.75) is 12.7 Å². The van der Waals surface area contributed by atoms with Crippen molar-refractivity contribution in [2.75, 3.05) is 0 Å². The molecule has 0 bridgehead atoms. The Morgan fingerprint density at radius 3 is 2.19 bits per heavy atom. The molecule has 2 nitrogen and oxygen atoms in total. The largest absolute Gasteiger partial charge is 0.507 e. The number of hydrogen-bond donors (Lipinski definition) is 2. The van der Waals surface area contributed by atoms with Crippen molar-refractivity contribution in [3.63, 3.8) is 0 Å². The van der Waals surface area contributed by atoms with Crippen LogP contribution in [0.4, 0.5) is 13.2 Å². The van der Waals surface area contributed by atoms with Gasteiger partial charge >= 0.3 is 6.18 Å². The lowest BCUT2D eigenvalue weighted by atomic mass is 10.1. The Labute approximate surface area is 106 Å². The number of aromatic hydroxyl groups is 1. The molecule has 0 aliphatic heterocycles. The Balaban J connectivity index is 0.00000225. The molecule has 0 amide bonds. The van der Waals surface area contributed by atoms with Gasteiger partial charge in [0.15, 0.2) is 0 Å². The molecule has 0 saturated carbocycles. The van der Waals surface area contributed by atoms with Crippen molar-refractivity contribution in [1.29, 1.82) is 0 Å². The predicted molar refractivity (Wildman–Crippen MR) is 58.3 cm³/mol. The van der Waals surface area contributed by atoms with Gasteiger partial charge in [-0.25, -0.2) is 0 Å². The van der Waals surface area contributed by atoms with Gasteiger partial charge in [-0.15, -0.1) is 12.4 Å². The Hall–Kier alpha value is -0.360. The quantitative estimate of drug-likeness (QED) is 0.832. The zero-order valence-electron chi connectivity index (χ0n) is 7.61. The zero-order valence-corrected chi connectivity index (χ0v) is 9.94. The van der Waals surface area contributed by atoms with Crippen LogP contribution in [0, 0.1) is 0 Å². The van der Waals surface area contributed by atoms with Crippen molar-refractivity contribution in [3.8, 4) is 5.75 Å². The average Bonchev–Trinajstić information content (AvgIpc) is 2.10. The minimum atomic E-state index is -4.69. The van der Waals surface area contributed by atoms with E-state index in [-0.39, 0.29) is 34.6 Å². The highest BCUT2D eigenvalue weighted by molar-refractivity contribution is 6.42. The second kappa shape index (κ2) is 5.31. The van der Waals surface area contributed by atoms with E-state index in [9.17, 15) is 18.3 Å². The van der Waals surface area contributed by atoms with Gasteiger partial charge in [0.2, 0.25) is 0 Å². The van der Waals surface area contributed by atoms with Crippen LogP contribution in [0.2, 0.25) is 10.0 Å². The summed E-state index contributed by atoms with van der Waals surface area (Å²) in [6, 6.07) is 0.568.